The average molecular weight is 379 g/mol. The number of para-hydroxylation sites is 1. The van der Waals surface area contributed by atoms with Crippen LogP contribution in [0, 0.1) is 5.92 Å². The van der Waals surface area contributed by atoms with E-state index in [4.69, 9.17) is 4.98 Å². The molecule has 0 spiro atoms. The summed E-state index contributed by atoms with van der Waals surface area (Å²) in [6.45, 7) is 2.36. The van der Waals surface area contributed by atoms with Crippen LogP contribution in [-0.2, 0) is 6.42 Å². The van der Waals surface area contributed by atoms with Crippen LogP contribution < -0.4 is 4.90 Å². The van der Waals surface area contributed by atoms with Gasteiger partial charge in [0, 0.05) is 13.1 Å². The largest absolute Gasteiger partial charge is 0.348 e. The fraction of sp³-hybridized carbons (Fsp3) is 0.458. The minimum Gasteiger partial charge on any atom is -0.348 e. The van der Waals surface area contributed by atoms with E-state index in [2.05, 4.69) is 59.5 Å². The molecule has 0 amide bonds. The zero-order valence-corrected chi connectivity index (χ0v) is 17.0. The Morgan fingerprint density at radius 2 is 1.59 bits per heavy atom. The van der Waals surface area contributed by atoms with Crippen LogP contribution in [0.2, 0.25) is 0 Å². The molecular formula is C24H30N2S. The van der Waals surface area contributed by atoms with E-state index in [0.29, 0.717) is 0 Å². The molecule has 0 atom stereocenters. The predicted molar refractivity (Wildman–Crippen MR) is 118 cm³/mol. The molecule has 0 aliphatic carbocycles. The van der Waals surface area contributed by atoms with E-state index < -0.39 is 0 Å². The first-order valence-corrected chi connectivity index (χ1v) is 11.3. The van der Waals surface area contributed by atoms with E-state index in [1.807, 2.05) is 11.3 Å². The van der Waals surface area contributed by atoms with Crippen LogP contribution in [-0.4, -0.2) is 18.1 Å². The molecule has 3 aromatic rings. The number of anilines is 1. The first kappa shape index (κ1) is 18.5. The maximum absolute atomic E-state index is 4.83. The number of benzene rings is 2. The zero-order valence-electron chi connectivity index (χ0n) is 16.1. The van der Waals surface area contributed by atoms with Gasteiger partial charge in [0.1, 0.15) is 0 Å². The maximum atomic E-state index is 4.83. The van der Waals surface area contributed by atoms with Gasteiger partial charge in [-0.1, -0.05) is 79.5 Å². The zero-order chi connectivity index (χ0) is 18.3. The summed E-state index contributed by atoms with van der Waals surface area (Å²) in [5.41, 5.74) is 2.63. The van der Waals surface area contributed by atoms with Crippen molar-refractivity contribution in [1.29, 1.82) is 0 Å². The number of hydrogen-bond donors (Lipinski definition) is 0. The van der Waals surface area contributed by atoms with Gasteiger partial charge in [0.05, 0.1) is 10.2 Å². The molecule has 4 rings (SSSR count). The molecule has 2 aromatic carbocycles. The third kappa shape index (κ3) is 5.10. The molecule has 2 heterocycles. The lowest BCUT2D eigenvalue weighted by molar-refractivity contribution is 0.366. The van der Waals surface area contributed by atoms with Crippen LogP contribution in [0.25, 0.3) is 10.2 Å². The summed E-state index contributed by atoms with van der Waals surface area (Å²) in [7, 11) is 0. The van der Waals surface area contributed by atoms with E-state index >= 15 is 0 Å². The Labute approximate surface area is 167 Å². The molecule has 0 saturated carbocycles. The average Bonchev–Trinajstić information content (AvgIpc) is 3.16. The molecule has 0 unspecified atom stereocenters. The summed E-state index contributed by atoms with van der Waals surface area (Å²) in [5, 5.41) is 1.22. The molecular weight excluding hydrogens is 348 g/mol. The normalized spacial score (nSPS) is 15.5. The van der Waals surface area contributed by atoms with Gasteiger partial charge in [0.15, 0.2) is 5.13 Å². The summed E-state index contributed by atoms with van der Waals surface area (Å²) in [5.74, 6) is 0.921. The van der Waals surface area contributed by atoms with Crippen LogP contribution >= 0.6 is 11.3 Å². The van der Waals surface area contributed by atoms with Crippen molar-refractivity contribution in [3.8, 4) is 0 Å². The number of aryl methyl sites for hydroxylation is 1. The quantitative estimate of drug-likeness (QED) is 0.405. The van der Waals surface area contributed by atoms with E-state index in [-0.39, 0.29) is 0 Å². The molecule has 2 nitrogen and oxygen atoms in total. The third-order valence-electron chi connectivity index (χ3n) is 5.84. The number of piperidine rings is 1. The summed E-state index contributed by atoms with van der Waals surface area (Å²) < 4.78 is 1.31. The molecule has 1 aromatic heterocycles. The molecule has 1 aliphatic heterocycles. The Morgan fingerprint density at radius 1 is 0.852 bits per heavy atom. The van der Waals surface area contributed by atoms with Gasteiger partial charge < -0.3 is 4.90 Å². The van der Waals surface area contributed by atoms with Crippen LogP contribution in [0.4, 0.5) is 5.13 Å². The molecule has 3 heteroatoms. The van der Waals surface area contributed by atoms with Crippen molar-refractivity contribution in [2.75, 3.05) is 18.0 Å². The molecule has 1 aliphatic rings. The molecule has 27 heavy (non-hydrogen) atoms. The molecule has 0 radical (unpaired) electrons. The lowest BCUT2D eigenvalue weighted by atomic mass is 9.91. The van der Waals surface area contributed by atoms with Crippen molar-refractivity contribution in [2.24, 2.45) is 5.92 Å². The number of thiazole rings is 1. The molecule has 1 saturated heterocycles. The number of nitrogens with zero attached hydrogens (tertiary/aromatic N) is 2. The lowest BCUT2D eigenvalue weighted by Gasteiger charge is -2.31. The van der Waals surface area contributed by atoms with Gasteiger partial charge in [-0.2, -0.15) is 0 Å². The Bertz CT molecular complexity index is 786. The summed E-state index contributed by atoms with van der Waals surface area (Å²) in [6, 6.07) is 19.4. The van der Waals surface area contributed by atoms with Crippen molar-refractivity contribution < 1.29 is 0 Å². The number of hydrogen-bond acceptors (Lipinski definition) is 3. The van der Waals surface area contributed by atoms with Crippen LogP contribution in [0.5, 0.6) is 0 Å². The van der Waals surface area contributed by atoms with Crippen molar-refractivity contribution in [3.63, 3.8) is 0 Å². The van der Waals surface area contributed by atoms with Crippen molar-refractivity contribution in [3.05, 3.63) is 60.2 Å². The number of rotatable bonds is 8. The summed E-state index contributed by atoms with van der Waals surface area (Å²) >= 11 is 1.84. The molecule has 142 valence electrons. The summed E-state index contributed by atoms with van der Waals surface area (Å²) in [4.78, 5) is 7.33. The van der Waals surface area contributed by atoms with Crippen LogP contribution in [0.1, 0.15) is 50.5 Å². The smallest absolute Gasteiger partial charge is 0.186 e. The fourth-order valence-corrected chi connectivity index (χ4v) is 5.19. The SMILES string of the molecule is c1ccc(CCCCCCC2CCN(c3nc4ccccc4s3)CC2)cc1. The van der Waals surface area contributed by atoms with Gasteiger partial charge in [0.25, 0.3) is 0 Å². The van der Waals surface area contributed by atoms with Crippen LogP contribution in [0.3, 0.4) is 0 Å². The number of unbranched alkanes of at least 4 members (excludes halogenated alkanes) is 3. The van der Waals surface area contributed by atoms with Gasteiger partial charge in [0.2, 0.25) is 0 Å². The van der Waals surface area contributed by atoms with Gasteiger partial charge in [-0.15, -0.1) is 0 Å². The topological polar surface area (TPSA) is 16.1 Å². The van der Waals surface area contributed by atoms with Gasteiger partial charge in [-0.3, -0.25) is 0 Å². The van der Waals surface area contributed by atoms with E-state index in [1.165, 1.54) is 79.9 Å². The van der Waals surface area contributed by atoms with Crippen molar-refractivity contribution >= 4 is 26.7 Å². The highest BCUT2D eigenvalue weighted by molar-refractivity contribution is 7.22. The minimum absolute atomic E-state index is 0.921. The van der Waals surface area contributed by atoms with Crippen molar-refractivity contribution in [2.45, 2.75) is 51.4 Å². The Balaban J connectivity index is 1.13. The lowest BCUT2D eigenvalue weighted by Crippen LogP contribution is -2.33. The van der Waals surface area contributed by atoms with Crippen molar-refractivity contribution in [1.82, 2.24) is 4.98 Å². The fourth-order valence-electron chi connectivity index (χ4n) is 4.17. The number of fused-ring (bicyclic) bond motifs is 1. The first-order chi connectivity index (χ1) is 13.4. The standard InChI is InChI=1S/C24H30N2S/c1(4-10-20-11-6-3-7-12-20)2-5-13-21-16-18-26(19-17-21)24-25-22-14-8-9-15-23(22)27-24/h3,6-9,11-12,14-15,21H,1-2,4-5,10,13,16-19H2. The van der Waals surface area contributed by atoms with E-state index in [0.717, 1.165) is 11.4 Å². The van der Waals surface area contributed by atoms with Crippen LogP contribution in [0.15, 0.2) is 54.6 Å². The van der Waals surface area contributed by atoms with Gasteiger partial charge in [-0.25, -0.2) is 4.98 Å². The molecule has 0 bridgehead atoms. The first-order valence-electron chi connectivity index (χ1n) is 10.5. The van der Waals surface area contributed by atoms with E-state index in [1.54, 1.807) is 0 Å². The second-order valence-corrected chi connectivity index (χ2v) is 8.84. The molecule has 1 fully saturated rings. The number of aromatic nitrogens is 1. The van der Waals surface area contributed by atoms with E-state index in [9.17, 15) is 0 Å². The highest BCUT2D eigenvalue weighted by atomic mass is 32.1. The Kier molecular flexibility index (Phi) is 6.41. The third-order valence-corrected chi connectivity index (χ3v) is 6.94. The highest BCUT2D eigenvalue weighted by Crippen LogP contribution is 2.32. The predicted octanol–water partition coefficient (Wildman–Crippen LogP) is 6.71. The highest BCUT2D eigenvalue weighted by Gasteiger charge is 2.21. The maximum Gasteiger partial charge on any atom is 0.186 e. The Morgan fingerprint density at radius 3 is 2.41 bits per heavy atom. The van der Waals surface area contributed by atoms with Gasteiger partial charge in [-0.05, 0) is 49.3 Å². The monoisotopic (exact) mass is 378 g/mol. The minimum atomic E-state index is 0.921. The molecule has 0 N–H and O–H groups in total. The second kappa shape index (κ2) is 9.36. The Hall–Kier alpha value is -1.87. The van der Waals surface area contributed by atoms with Gasteiger partial charge >= 0.3 is 0 Å². The second-order valence-electron chi connectivity index (χ2n) is 7.83. The summed E-state index contributed by atoms with van der Waals surface area (Å²) in [6.07, 6.45) is 10.8.